The van der Waals surface area contributed by atoms with Crippen molar-refractivity contribution in [2.75, 3.05) is 0 Å². The molecule has 0 unspecified atom stereocenters. The molecule has 0 spiro atoms. The van der Waals surface area contributed by atoms with Gasteiger partial charge in [-0.15, -0.1) is 0 Å². The molecule has 0 saturated heterocycles. The largest absolute Gasteiger partial charge is 0.416 e. The fraction of sp³-hybridized carbons (Fsp3) is 0.211. The van der Waals surface area contributed by atoms with Crippen LogP contribution in [0.2, 0.25) is 0 Å². The molecule has 2 aromatic rings. The lowest BCUT2D eigenvalue weighted by Crippen LogP contribution is -2.32. The average Bonchev–Trinajstić information content (AvgIpc) is 2.87. The number of benzene rings is 2. The summed E-state index contributed by atoms with van der Waals surface area (Å²) in [7, 11) is 0. The fourth-order valence-electron chi connectivity index (χ4n) is 2.69. The third kappa shape index (κ3) is 3.99. The number of carbonyl (C=O) groups excluding carboxylic acids is 3. The van der Waals surface area contributed by atoms with E-state index in [1.165, 1.54) is 24.3 Å². The maximum absolute atomic E-state index is 12.5. The minimum absolute atomic E-state index is 0.0889. The lowest BCUT2D eigenvalue weighted by molar-refractivity contribution is -0.168. The van der Waals surface area contributed by atoms with Gasteiger partial charge in [-0.2, -0.15) is 13.2 Å². The van der Waals surface area contributed by atoms with Crippen LogP contribution in [0.15, 0.2) is 48.5 Å². The number of nitrogens with zero attached hydrogens (tertiary/aromatic N) is 1. The summed E-state index contributed by atoms with van der Waals surface area (Å²) in [5, 5.41) is 0.436. The summed E-state index contributed by atoms with van der Waals surface area (Å²) in [5.74, 6) is -2.17. The van der Waals surface area contributed by atoms with Crippen LogP contribution >= 0.6 is 0 Å². The van der Waals surface area contributed by atoms with E-state index >= 15 is 0 Å². The number of amides is 2. The van der Waals surface area contributed by atoms with Crippen LogP contribution < -0.4 is 0 Å². The minimum atomic E-state index is -4.39. The zero-order chi connectivity index (χ0) is 19.6. The summed E-state index contributed by atoms with van der Waals surface area (Å²) in [6, 6.07) is 10.8. The van der Waals surface area contributed by atoms with E-state index in [9.17, 15) is 27.6 Å². The first-order valence-electron chi connectivity index (χ1n) is 8.12. The highest BCUT2D eigenvalue weighted by molar-refractivity contribution is 6.20. The molecular formula is C19H14F3NO4. The second-order valence-corrected chi connectivity index (χ2v) is 5.96. The molecule has 0 N–H and O–H groups in total. The smallest absolute Gasteiger partial charge is 0.330 e. The maximum atomic E-state index is 12.5. The molecule has 0 saturated carbocycles. The minimum Gasteiger partial charge on any atom is -0.330 e. The van der Waals surface area contributed by atoms with Crippen molar-refractivity contribution in [3.05, 3.63) is 70.8 Å². The van der Waals surface area contributed by atoms with E-state index in [0.717, 1.165) is 12.1 Å². The highest BCUT2D eigenvalue weighted by Gasteiger charge is 2.38. The molecule has 0 bridgehead atoms. The second kappa shape index (κ2) is 7.22. The van der Waals surface area contributed by atoms with E-state index in [1.807, 2.05) is 0 Å². The van der Waals surface area contributed by atoms with Crippen molar-refractivity contribution in [3.8, 4) is 0 Å². The van der Waals surface area contributed by atoms with Crippen LogP contribution in [0, 0.1) is 0 Å². The highest BCUT2D eigenvalue weighted by atomic mass is 19.4. The molecule has 140 valence electrons. The van der Waals surface area contributed by atoms with Gasteiger partial charge in [-0.25, -0.2) is 4.79 Å². The topological polar surface area (TPSA) is 63.7 Å². The van der Waals surface area contributed by atoms with Gasteiger partial charge in [0, 0.05) is 6.42 Å². The fourth-order valence-corrected chi connectivity index (χ4v) is 2.69. The molecule has 1 heterocycles. The summed E-state index contributed by atoms with van der Waals surface area (Å²) in [6.45, 7) is 0. The first-order valence-corrected chi connectivity index (χ1v) is 8.12. The molecule has 27 heavy (non-hydrogen) atoms. The van der Waals surface area contributed by atoms with Crippen molar-refractivity contribution >= 4 is 17.8 Å². The number of carbonyl (C=O) groups is 3. The molecule has 1 aliphatic rings. The Hall–Kier alpha value is -3.16. The molecule has 0 atom stereocenters. The highest BCUT2D eigenvalue weighted by Crippen LogP contribution is 2.29. The van der Waals surface area contributed by atoms with Gasteiger partial charge >= 0.3 is 12.1 Å². The molecule has 5 nitrogen and oxygen atoms in total. The van der Waals surface area contributed by atoms with Gasteiger partial charge in [-0.1, -0.05) is 29.3 Å². The third-order valence-corrected chi connectivity index (χ3v) is 4.08. The van der Waals surface area contributed by atoms with Gasteiger partial charge < -0.3 is 4.84 Å². The standard InChI is InChI=1S/C19H14F3NO4/c20-19(21,22)13-10-8-12(9-11-13)4-3-7-16(24)27-23-17(25)14-5-1-2-6-15(14)18(23)26/h1-2,5-6,8-11H,3-4,7H2. The Morgan fingerprint density at radius 1 is 0.926 bits per heavy atom. The van der Waals surface area contributed by atoms with E-state index in [2.05, 4.69) is 0 Å². The number of alkyl halides is 3. The van der Waals surface area contributed by atoms with Gasteiger partial charge in [0.1, 0.15) is 0 Å². The predicted molar refractivity (Wildman–Crippen MR) is 87.4 cm³/mol. The number of aryl methyl sites for hydroxylation is 1. The van der Waals surface area contributed by atoms with E-state index < -0.39 is 29.5 Å². The summed E-state index contributed by atoms with van der Waals surface area (Å²) >= 11 is 0. The Balaban J connectivity index is 1.51. The molecule has 0 aromatic heterocycles. The molecule has 0 radical (unpaired) electrons. The first-order chi connectivity index (χ1) is 12.8. The van der Waals surface area contributed by atoms with Gasteiger partial charge in [0.25, 0.3) is 11.8 Å². The van der Waals surface area contributed by atoms with Crippen molar-refractivity contribution in [1.82, 2.24) is 5.06 Å². The Morgan fingerprint density at radius 2 is 1.48 bits per heavy atom. The van der Waals surface area contributed by atoms with Crippen LogP contribution in [0.3, 0.4) is 0 Å². The zero-order valence-corrected chi connectivity index (χ0v) is 14.0. The van der Waals surface area contributed by atoms with E-state index in [1.54, 1.807) is 12.1 Å². The lowest BCUT2D eigenvalue weighted by Gasteiger charge is -2.12. The van der Waals surface area contributed by atoms with E-state index in [0.29, 0.717) is 23.5 Å². The van der Waals surface area contributed by atoms with Gasteiger partial charge in [0.15, 0.2) is 0 Å². The Bertz CT molecular complexity index is 856. The van der Waals surface area contributed by atoms with Crippen molar-refractivity contribution in [1.29, 1.82) is 0 Å². The molecule has 3 rings (SSSR count). The SMILES string of the molecule is O=C(CCCc1ccc(C(F)(F)F)cc1)ON1C(=O)c2ccccc2C1=O. The quantitative estimate of drug-likeness (QED) is 0.744. The van der Waals surface area contributed by atoms with Crippen LogP contribution in [-0.2, 0) is 22.2 Å². The number of fused-ring (bicyclic) bond motifs is 1. The van der Waals surface area contributed by atoms with Crippen LogP contribution in [0.25, 0.3) is 0 Å². The molecule has 0 aliphatic carbocycles. The number of hydrogen-bond acceptors (Lipinski definition) is 4. The van der Waals surface area contributed by atoms with Crippen molar-refractivity contribution in [2.24, 2.45) is 0 Å². The zero-order valence-electron chi connectivity index (χ0n) is 14.0. The molecule has 1 aliphatic heterocycles. The number of hydroxylamine groups is 2. The molecule has 2 aromatic carbocycles. The summed E-state index contributed by atoms with van der Waals surface area (Å²) in [5.41, 5.74) is 0.230. The van der Waals surface area contributed by atoms with E-state index in [-0.39, 0.29) is 17.5 Å². The van der Waals surface area contributed by atoms with Crippen molar-refractivity contribution < 1.29 is 32.4 Å². The summed E-state index contributed by atoms with van der Waals surface area (Å²) in [6.07, 6.45) is -3.83. The number of imide groups is 1. The molecule has 2 amide bonds. The van der Waals surface area contributed by atoms with Gasteiger partial charge in [-0.3, -0.25) is 9.59 Å². The molecular weight excluding hydrogens is 363 g/mol. The van der Waals surface area contributed by atoms with Crippen molar-refractivity contribution in [2.45, 2.75) is 25.4 Å². The van der Waals surface area contributed by atoms with Gasteiger partial charge in [0.2, 0.25) is 0 Å². The third-order valence-electron chi connectivity index (χ3n) is 4.08. The van der Waals surface area contributed by atoms with E-state index in [4.69, 9.17) is 4.84 Å². The average molecular weight is 377 g/mol. The number of halogens is 3. The summed E-state index contributed by atoms with van der Waals surface area (Å²) < 4.78 is 37.5. The number of rotatable bonds is 5. The first kappa shape index (κ1) is 18.6. The van der Waals surface area contributed by atoms with Crippen LogP contribution in [-0.4, -0.2) is 22.8 Å². The normalized spacial score (nSPS) is 13.7. The number of hydrogen-bond donors (Lipinski definition) is 0. The van der Waals surface area contributed by atoms with Crippen LogP contribution in [0.5, 0.6) is 0 Å². The molecule has 8 heteroatoms. The maximum Gasteiger partial charge on any atom is 0.416 e. The lowest BCUT2D eigenvalue weighted by atomic mass is 10.1. The molecule has 0 fully saturated rings. The summed E-state index contributed by atoms with van der Waals surface area (Å²) in [4.78, 5) is 40.9. The van der Waals surface area contributed by atoms with Crippen LogP contribution in [0.4, 0.5) is 13.2 Å². The van der Waals surface area contributed by atoms with Crippen LogP contribution in [0.1, 0.15) is 44.7 Å². The Labute approximate surface area is 152 Å². The van der Waals surface area contributed by atoms with Gasteiger partial charge in [0.05, 0.1) is 16.7 Å². The van der Waals surface area contributed by atoms with Gasteiger partial charge in [-0.05, 0) is 42.7 Å². The Kier molecular flexibility index (Phi) is 4.98. The second-order valence-electron chi connectivity index (χ2n) is 5.96. The monoisotopic (exact) mass is 377 g/mol. The Morgan fingerprint density at radius 3 is 2.00 bits per heavy atom. The van der Waals surface area contributed by atoms with Crippen molar-refractivity contribution in [3.63, 3.8) is 0 Å². The predicted octanol–water partition coefficient (Wildman–Crippen LogP) is 3.78.